The van der Waals surface area contributed by atoms with Gasteiger partial charge in [-0.3, -0.25) is 9.48 Å². The normalized spacial score (nSPS) is 10.6. The van der Waals surface area contributed by atoms with Gasteiger partial charge in [-0.15, -0.1) is 11.3 Å². The highest BCUT2D eigenvalue weighted by molar-refractivity contribution is 7.16. The van der Waals surface area contributed by atoms with E-state index in [1.165, 1.54) is 11.3 Å². The van der Waals surface area contributed by atoms with E-state index >= 15 is 0 Å². The summed E-state index contributed by atoms with van der Waals surface area (Å²) < 4.78 is 1.58. The van der Waals surface area contributed by atoms with Gasteiger partial charge in [-0.2, -0.15) is 5.10 Å². The number of carbonyl (C=O) groups is 2. The summed E-state index contributed by atoms with van der Waals surface area (Å²) in [5.74, 6) is -1.37. The minimum atomic E-state index is -1.04. The summed E-state index contributed by atoms with van der Waals surface area (Å²) >= 11 is 1.29. The van der Waals surface area contributed by atoms with Crippen molar-refractivity contribution in [3.05, 3.63) is 34.0 Å². The monoisotopic (exact) mass is 307 g/mol. The van der Waals surface area contributed by atoms with E-state index in [0.717, 1.165) is 11.3 Å². The summed E-state index contributed by atoms with van der Waals surface area (Å²) in [4.78, 5) is 24.5. The summed E-state index contributed by atoms with van der Waals surface area (Å²) in [6.07, 6.45) is 3.01. The van der Waals surface area contributed by atoms with Crippen LogP contribution in [0.15, 0.2) is 12.3 Å². The average Bonchev–Trinajstić information content (AvgIpc) is 3.01. The van der Waals surface area contributed by atoms with E-state index in [4.69, 9.17) is 0 Å². The Balaban J connectivity index is 2.31. The number of carboxylic acid groups (broad SMARTS) is 1. The zero-order valence-electron chi connectivity index (χ0n) is 12.1. The number of nitrogens with zero attached hydrogens (tertiary/aromatic N) is 2. The van der Waals surface area contributed by atoms with Crippen molar-refractivity contribution in [3.63, 3.8) is 0 Å². The van der Waals surface area contributed by atoms with Gasteiger partial charge in [-0.25, -0.2) is 4.79 Å². The second kappa shape index (κ2) is 6.09. The molecule has 0 atom stereocenters. The standard InChI is InChI=1S/C14H17N3O3S/c1-4-8-6-9(14(19)20)13(21-8)15-12(18)10-7-17(3)16-11(10)5-2/h6-7H,4-5H2,1-3H3,(H,15,18)(H,19,20). The van der Waals surface area contributed by atoms with Crippen molar-refractivity contribution in [2.24, 2.45) is 7.05 Å². The van der Waals surface area contributed by atoms with Crippen molar-refractivity contribution in [1.29, 1.82) is 0 Å². The first-order valence-corrected chi connectivity index (χ1v) is 7.47. The third-order valence-corrected chi connectivity index (χ3v) is 4.27. The molecule has 0 unspecified atom stereocenters. The SMILES string of the molecule is CCc1cc(C(=O)O)c(NC(=O)c2cn(C)nc2CC)s1. The van der Waals surface area contributed by atoms with Crippen LogP contribution in [0.2, 0.25) is 0 Å². The summed E-state index contributed by atoms with van der Waals surface area (Å²) in [7, 11) is 1.75. The van der Waals surface area contributed by atoms with Crippen LogP contribution in [0.25, 0.3) is 0 Å². The predicted octanol–water partition coefficient (Wildman–Crippen LogP) is 2.56. The molecule has 112 valence electrons. The average molecular weight is 307 g/mol. The van der Waals surface area contributed by atoms with E-state index in [1.807, 2.05) is 13.8 Å². The second-order valence-electron chi connectivity index (χ2n) is 4.59. The van der Waals surface area contributed by atoms with Crippen molar-refractivity contribution in [1.82, 2.24) is 9.78 Å². The lowest BCUT2D eigenvalue weighted by atomic mass is 10.2. The van der Waals surface area contributed by atoms with Gasteiger partial charge < -0.3 is 10.4 Å². The summed E-state index contributed by atoms with van der Waals surface area (Å²) in [6, 6.07) is 1.60. The number of amides is 1. The van der Waals surface area contributed by atoms with Crippen molar-refractivity contribution in [3.8, 4) is 0 Å². The Bertz CT molecular complexity index is 688. The number of thiophene rings is 1. The molecule has 1 amide bonds. The Morgan fingerprint density at radius 3 is 2.62 bits per heavy atom. The first kappa shape index (κ1) is 15.2. The molecule has 0 radical (unpaired) electrons. The van der Waals surface area contributed by atoms with Crippen molar-refractivity contribution in [2.75, 3.05) is 5.32 Å². The third-order valence-electron chi connectivity index (χ3n) is 3.07. The third kappa shape index (κ3) is 3.13. The topological polar surface area (TPSA) is 84.2 Å². The molecule has 0 bridgehead atoms. The van der Waals surface area contributed by atoms with E-state index in [2.05, 4.69) is 10.4 Å². The Labute approximate surface area is 126 Å². The predicted molar refractivity (Wildman–Crippen MR) is 81.2 cm³/mol. The molecule has 2 heterocycles. The van der Waals surface area contributed by atoms with Gasteiger partial charge in [0.15, 0.2) is 0 Å². The highest BCUT2D eigenvalue weighted by Gasteiger charge is 2.20. The summed E-state index contributed by atoms with van der Waals surface area (Å²) in [5.41, 5.74) is 1.30. The van der Waals surface area contributed by atoms with E-state index in [-0.39, 0.29) is 11.5 Å². The molecule has 0 saturated heterocycles. The van der Waals surface area contributed by atoms with E-state index in [1.54, 1.807) is 24.0 Å². The van der Waals surface area contributed by atoms with Crippen molar-refractivity contribution >= 4 is 28.2 Å². The molecule has 0 spiro atoms. The highest BCUT2D eigenvalue weighted by atomic mass is 32.1. The Hall–Kier alpha value is -2.15. The van der Waals surface area contributed by atoms with Crippen LogP contribution >= 0.6 is 11.3 Å². The first-order chi connectivity index (χ1) is 9.96. The number of hydrogen-bond acceptors (Lipinski definition) is 4. The molecule has 2 N–H and O–H groups in total. The fraction of sp³-hybridized carbons (Fsp3) is 0.357. The molecule has 0 aliphatic heterocycles. The van der Waals surface area contributed by atoms with Crippen LogP contribution in [0.5, 0.6) is 0 Å². The van der Waals surface area contributed by atoms with Crippen molar-refractivity contribution < 1.29 is 14.7 Å². The van der Waals surface area contributed by atoms with Crippen LogP contribution in [0.4, 0.5) is 5.00 Å². The fourth-order valence-corrected chi connectivity index (χ4v) is 3.01. The molecule has 0 aromatic carbocycles. The number of aryl methyl sites for hydroxylation is 3. The van der Waals surface area contributed by atoms with Crippen LogP contribution in [0.1, 0.15) is 45.1 Å². The zero-order chi connectivity index (χ0) is 15.6. The Morgan fingerprint density at radius 2 is 2.05 bits per heavy atom. The minimum absolute atomic E-state index is 0.132. The lowest BCUT2D eigenvalue weighted by Gasteiger charge is -2.03. The zero-order valence-corrected chi connectivity index (χ0v) is 13.0. The lowest BCUT2D eigenvalue weighted by Crippen LogP contribution is -2.14. The maximum Gasteiger partial charge on any atom is 0.338 e. The Morgan fingerprint density at radius 1 is 1.33 bits per heavy atom. The van der Waals surface area contributed by atoms with Crippen molar-refractivity contribution in [2.45, 2.75) is 26.7 Å². The fourth-order valence-electron chi connectivity index (χ4n) is 2.02. The number of nitrogens with one attached hydrogen (secondary N) is 1. The molecule has 2 aromatic heterocycles. The van der Waals surface area contributed by atoms with Gasteiger partial charge in [0.1, 0.15) is 5.00 Å². The molecule has 6 nitrogen and oxygen atoms in total. The van der Waals surface area contributed by atoms with Gasteiger partial charge in [0.05, 0.1) is 16.8 Å². The summed E-state index contributed by atoms with van der Waals surface area (Å²) in [5, 5.41) is 16.5. The minimum Gasteiger partial charge on any atom is -0.478 e. The van der Waals surface area contributed by atoms with Gasteiger partial charge in [-0.1, -0.05) is 13.8 Å². The highest BCUT2D eigenvalue weighted by Crippen LogP contribution is 2.29. The second-order valence-corrected chi connectivity index (χ2v) is 5.72. The molecular weight excluding hydrogens is 290 g/mol. The maximum absolute atomic E-state index is 12.3. The smallest absolute Gasteiger partial charge is 0.338 e. The number of rotatable bonds is 5. The molecule has 2 rings (SSSR count). The molecular formula is C14H17N3O3S. The first-order valence-electron chi connectivity index (χ1n) is 6.66. The van der Waals surface area contributed by atoms with Gasteiger partial charge in [0, 0.05) is 18.1 Å². The van der Waals surface area contributed by atoms with Crippen LogP contribution < -0.4 is 5.32 Å². The molecule has 0 saturated carbocycles. The number of anilines is 1. The molecule has 2 aromatic rings. The van der Waals surface area contributed by atoms with E-state index in [0.29, 0.717) is 22.7 Å². The quantitative estimate of drug-likeness (QED) is 0.889. The van der Waals surface area contributed by atoms with Gasteiger partial charge in [0.25, 0.3) is 5.91 Å². The number of aromatic nitrogens is 2. The number of hydrogen-bond donors (Lipinski definition) is 2. The largest absolute Gasteiger partial charge is 0.478 e. The Kier molecular flexibility index (Phi) is 4.42. The molecule has 0 aliphatic carbocycles. The molecule has 0 aliphatic rings. The van der Waals surface area contributed by atoms with Crippen LogP contribution in [0.3, 0.4) is 0 Å². The molecule has 0 fully saturated rings. The lowest BCUT2D eigenvalue weighted by molar-refractivity contribution is 0.0698. The molecule has 7 heteroatoms. The van der Waals surface area contributed by atoms with Crippen LogP contribution in [-0.4, -0.2) is 26.8 Å². The van der Waals surface area contributed by atoms with E-state index < -0.39 is 5.97 Å². The summed E-state index contributed by atoms with van der Waals surface area (Å²) in [6.45, 7) is 3.86. The van der Waals surface area contributed by atoms with Gasteiger partial charge in [0.2, 0.25) is 0 Å². The van der Waals surface area contributed by atoms with Gasteiger partial charge >= 0.3 is 5.97 Å². The van der Waals surface area contributed by atoms with Gasteiger partial charge in [-0.05, 0) is 18.9 Å². The van der Waals surface area contributed by atoms with E-state index in [9.17, 15) is 14.7 Å². The maximum atomic E-state index is 12.3. The van der Waals surface area contributed by atoms with Crippen LogP contribution in [0, 0.1) is 0 Å². The van der Waals surface area contributed by atoms with Crippen LogP contribution in [-0.2, 0) is 19.9 Å². The molecule has 21 heavy (non-hydrogen) atoms. The number of aromatic carboxylic acids is 1. The number of carboxylic acids is 1. The number of carbonyl (C=O) groups excluding carboxylic acids is 1.